The molecular weight excluding hydrogens is 414 g/mol. The summed E-state index contributed by atoms with van der Waals surface area (Å²) in [5, 5.41) is 10.7. The van der Waals surface area contributed by atoms with Gasteiger partial charge < -0.3 is 28.6 Å². The first kappa shape index (κ1) is 23.4. The van der Waals surface area contributed by atoms with Gasteiger partial charge in [-0.1, -0.05) is 6.07 Å². The topological polar surface area (TPSA) is 98.4 Å². The SMILES string of the molecule is CCOc1cc(C2C(C(=O)c3ccco3)=C(O)C(=O)N2CCCOC(C)C)ccc1OC. The normalized spacial score (nSPS) is 16.2. The Hall–Kier alpha value is -3.26. The second-order valence-electron chi connectivity index (χ2n) is 7.59. The van der Waals surface area contributed by atoms with Crippen molar-refractivity contribution in [3.8, 4) is 11.5 Å². The van der Waals surface area contributed by atoms with Crippen molar-refractivity contribution >= 4 is 11.7 Å². The van der Waals surface area contributed by atoms with Gasteiger partial charge in [0.15, 0.2) is 23.0 Å². The van der Waals surface area contributed by atoms with E-state index in [0.29, 0.717) is 43.2 Å². The number of aliphatic hydroxyl groups excluding tert-OH is 1. The van der Waals surface area contributed by atoms with Crippen LogP contribution in [-0.2, 0) is 9.53 Å². The molecule has 172 valence electrons. The number of ether oxygens (including phenoxy) is 3. The number of hydrogen-bond acceptors (Lipinski definition) is 7. The summed E-state index contributed by atoms with van der Waals surface area (Å²) in [5.41, 5.74) is 0.591. The van der Waals surface area contributed by atoms with E-state index >= 15 is 0 Å². The largest absolute Gasteiger partial charge is 0.503 e. The fourth-order valence-electron chi connectivity index (χ4n) is 3.69. The number of nitrogens with zero attached hydrogens (tertiary/aromatic N) is 1. The van der Waals surface area contributed by atoms with Gasteiger partial charge in [0, 0.05) is 13.2 Å². The molecule has 0 saturated heterocycles. The van der Waals surface area contributed by atoms with Crippen LogP contribution in [0.4, 0.5) is 0 Å². The van der Waals surface area contributed by atoms with Gasteiger partial charge >= 0.3 is 0 Å². The van der Waals surface area contributed by atoms with Crippen LogP contribution < -0.4 is 9.47 Å². The number of carbonyl (C=O) groups is 2. The number of ketones is 1. The zero-order valence-electron chi connectivity index (χ0n) is 18.8. The number of hydrogen-bond donors (Lipinski definition) is 1. The molecule has 1 amide bonds. The van der Waals surface area contributed by atoms with Crippen molar-refractivity contribution in [2.75, 3.05) is 26.9 Å². The Kier molecular flexibility index (Phi) is 7.58. The van der Waals surface area contributed by atoms with E-state index in [1.807, 2.05) is 20.8 Å². The Balaban J connectivity index is 2.01. The average Bonchev–Trinajstić information content (AvgIpc) is 3.39. The van der Waals surface area contributed by atoms with Crippen molar-refractivity contribution in [2.45, 2.75) is 39.3 Å². The minimum atomic E-state index is -0.802. The summed E-state index contributed by atoms with van der Waals surface area (Å²) in [6.07, 6.45) is 1.99. The molecule has 1 aliphatic rings. The predicted molar refractivity (Wildman–Crippen MR) is 117 cm³/mol. The Morgan fingerprint density at radius 2 is 2.03 bits per heavy atom. The van der Waals surface area contributed by atoms with Crippen LogP contribution >= 0.6 is 0 Å². The summed E-state index contributed by atoms with van der Waals surface area (Å²) in [6, 6.07) is 7.48. The lowest BCUT2D eigenvalue weighted by molar-refractivity contribution is -0.129. The maximum Gasteiger partial charge on any atom is 0.290 e. The molecule has 2 heterocycles. The third-order valence-electron chi connectivity index (χ3n) is 5.09. The molecule has 1 unspecified atom stereocenters. The van der Waals surface area contributed by atoms with E-state index in [1.165, 1.54) is 24.3 Å². The molecule has 0 spiro atoms. The van der Waals surface area contributed by atoms with Crippen molar-refractivity contribution in [3.05, 3.63) is 59.3 Å². The van der Waals surface area contributed by atoms with Gasteiger partial charge in [-0.3, -0.25) is 9.59 Å². The molecule has 1 aromatic heterocycles. The van der Waals surface area contributed by atoms with Crippen LogP contribution in [0.1, 0.15) is 49.4 Å². The van der Waals surface area contributed by atoms with E-state index in [-0.39, 0.29) is 17.4 Å². The van der Waals surface area contributed by atoms with Gasteiger partial charge in [-0.05, 0) is 57.0 Å². The van der Waals surface area contributed by atoms with Crippen LogP contribution in [0.2, 0.25) is 0 Å². The molecular formula is C24H29NO7. The van der Waals surface area contributed by atoms with E-state index in [2.05, 4.69) is 0 Å². The highest BCUT2D eigenvalue weighted by Gasteiger charge is 2.44. The summed E-state index contributed by atoms with van der Waals surface area (Å²) >= 11 is 0. The minimum absolute atomic E-state index is 0.0256. The molecule has 3 rings (SSSR count). The van der Waals surface area contributed by atoms with E-state index in [1.54, 1.807) is 24.3 Å². The molecule has 0 fully saturated rings. The number of Topliss-reactive ketones (excluding diaryl/α,β-unsaturated/α-hetero) is 1. The van der Waals surface area contributed by atoms with Crippen molar-refractivity contribution in [3.63, 3.8) is 0 Å². The smallest absolute Gasteiger partial charge is 0.290 e. The highest BCUT2D eigenvalue weighted by Crippen LogP contribution is 2.41. The lowest BCUT2D eigenvalue weighted by atomic mass is 9.94. The van der Waals surface area contributed by atoms with Gasteiger partial charge in [0.25, 0.3) is 5.91 Å². The molecule has 2 aromatic rings. The standard InChI is InChI=1S/C24H29NO7/c1-5-30-19-14-16(9-10-17(19)29-4)21-20(22(26)18-8-6-12-32-18)23(27)24(28)25(21)11-7-13-31-15(2)3/h6,8-10,12,14-15,21,27H,5,7,11,13H2,1-4H3. The molecule has 0 saturated carbocycles. The molecule has 1 aliphatic heterocycles. The van der Waals surface area contributed by atoms with E-state index < -0.39 is 23.5 Å². The number of rotatable bonds is 11. The number of benzene rings is 1. The van der Waals surface area contributed by atoms with Gasteiger partial charge in [-0.2, -0.15) is 0 Å². The van der Waals surface area contributed by atoms with Gasteiger partial charge in [-0.25, -0.2) is 0 Å². The van der Waals surface area contributed by atoms with Crippen LogP contribution in [0.25, 0.3) is 0 Å². The highest BCUT2D eigenvalue weighted by molar-refractivity contribution is 6.15. The number of carbonyl (C=O) groups excluding carboxylic acids is 2. The quantitative estimate of drug-likeness (QED) is 0.413. The summed E-state index contributed by atoms with van der Waals surface area (Å²) < 4.78 is 21.9. The van der Waals surface area contributed by atoms with E-state index in [9.17, 15) is 14.7 Å². The van der Waals surface area contributed by atoms with Crippen LogP contribution in [0.15, 0.2) is 52.3 Å². The maximum absolute atomic E-state index is 13.2. The van der Waals surface area contributed by atoms with Crippen molar-refractivity contribution in [1.29, 1.82) is 0 Å². The number of aliphatic hydroxyl groups is 1. The second kappa shape index (κ2) is 10.4. The fourth-order valence-corrected chi connectivity index (χ4v) is 3.69. The molecule has 1 aromatic carbocycles. The maximum atomic E-state index is 13.2. The highest BCUT2D eigenvalue weighted by atomic mass is 16.5. The summed E-state index contributed by atoms with van der Waals surface area (Å²) in [5.74, 6) is -0.658. The van der Waals surface area contributed by atoms with Gasteiger partial charge in [-0.15, -0.1) is 0 Å². The molecule has 32 heavy (non-hydrogen) atoms. The van der Waals surface area contributed by atoms with Gasteiger partial charge in [0.05, 0.1) is 37.7 Å². The summed E-state index contributed by atoms with van der Waals surface area (Å²) in [4.78, 5) is 27.6. The minimum Gasteiger partial charge on any atom is -0.503 e. The molecule has 1 N–H and O–H groups in total. The van der Waals surface area contributed by atoms with Gasteiger partial charge in [0.2, 0.25) is 5.78 Å². The first-order chi connectivity index (χ1) is 15.4. The van der Waals surface area contributed by atoms with Crippen LogP contribution in [-0.4, -0.2) is 54.7 Å². The second-order valence-corrected chi connectivity index (χ2v) is 7.59. The molecule has 0 radical (unpaired) electrons. The molecule has 8 heteroatoms. The molecule has 0 bridgehead atoms. The lowest BCUT2D eigenvalue weighted by Gasteiger charge is -2.27. The fraction of sp³-hybridized carbons (Fsp3) is 0.417. The zero-order chi connectivity index (χ0) is 23.3. The van der Waals surface area contributed by atoms with E-state index in [0.717, 1.165) is 0 Å². The Morgan fingerprint density at radius 1 is 1.25 bits per heavy atom. The number of methoxy groups -OCH3 is 1. The predicted octanol–water partition coefficient (Wildman–Crippen LogP) is 4.08. The van der Waals surface area contributed by atoms with E-state index in [4.69, 9.17) is 18.6 Å². The first-order valence-electron chi connectivity index (χ1n) is 10.6. The third kappa shape index (κ3) is 4.80. The monoisotopic (exact) mass is 443 g/mol. The van der Waals surface area contributed by atoms with Crippen molar-refractivity contribution in [2.24, 2.45) is 0 Å². The van der Waals surface area contributed by atoms with Crippen LogP contribution in [0.5, 0.6) is 11.5 Å². The average molecular weight is 443 g/mol. The third-order valence-corrected chi connectivity index (χ3v) is 5.09. The Bertz CT molecular complexity index is 978. The number of amides is 1. The van der Waals surface area contributed by atoms with Crippen molar-refractivity contribution < 1.29 is 33.3 Å². The summed E-state index contributed by atoms with van der Waals surface area (Å²) in [7, 11) is 1.54. The molecule has 0 aliphatic carbocycles. The molecule has 1 atom stereocenters. The van der Waals surface area contributed by atoms with Crippen LogP contribution in [0, 0.1) is 0 Å². The number of furan rings is 1. The zero-order valence-corrected chi connectivity index (χ0v) is 18.8. The Morgan fingerprint density at radius 3 is 2.66 bits per heavy atom. The summed E-state index contributed by atoms with van der Waals surface area (Å²) in [6.45, 7) is 6.88. The van der Waals surface area contributed by atoms with Gasteiger partial charge in [0.1, 0.15) is 0 Å². The molecule has 8 nitrogen and oxygen atoms in total. The lowest BCUT2D eigenvalue weighted by Crippen LogP contribution is -2.32. The van der Waals surface area contributed by atoms with Crippen molar-refractivity contribution in [1.82, 2.24) is 4.90 Å². The Labute approximate surface area is 187 Å². The first-order valence-corrected chi connectivity index (χ1v) is 10.6. The van der Waals surface area contributed by atoms with Crippen LogP contribution in [0.3, 0.4) is 0 Å².